The van der Waals surface area contributed by atoms with Gasteiger partial charge in [0.05, 0.1) is 13.2 Å². The van der Waals surface area contributed by atoms with Crippen molar-refractivity contribution in [1.82, 2.24) is 4.90 Å². The number of carbonyl (C=O) groups is 1. The van der Waals surface area contributed by atoms with E-state index in [0.717, 1.165) is 11.1 Å². The zero-order chi connectivity index (χ0) is 25.1. The quantitative estimate of drug-likeness (QED) is 0.270. The lowest BCUT2D eigenvalue weighted by atomic mass is 10.1. The van der Waals surface area contributed by atoms with Crippen molar-refractivity contribution in [3.8, 4) is 0 Å². The number of nitrogens with zero attached hydrogens (tertiary/aromatic N) is 1. The predicted molar refractivity (Wildman–Crippen MR) is 139 cm³/mol. The van der Waals surface area contributed by atoms with Crippen molar-refractivity contribution in [2.45, 2.75) is 32.2 Å². The van der Waals surface area contributed by atoms with Crippen LogP contribution in [0.2, 0.25) is 0 Å². The van der Waals surface area contributed by atoms with Gasteiger partial charge in [-0.1, -0.05) is 103 Å². The third-order valence-corrected chi connectivity index (χ3v) is 7.85. The van der Waals surface area contributed by atoms with Crippen molar-refractivity contribution < 1.29 is 23.5 Å². The minimum atomic E-state index is -3.80. The fraction of sp³-hybridized carbons (Fsp3) is 0.250. The lowest BCUT2D eigenvalue weighted by Crippen LogP contribution is -2.42. The van der Waals surface area contributed by atoms with Crippen LogP contribution in [0.1, 0.15) is 36.3 Å². The summed E-state index contributed by atoms with van der Waals surface area (Å²) in [6.07, 6.45) is 3.39. The molecule has 0 saturated heterocycles. The second kappa shape index (κ2) is 13.2. The first kappa shape index (κ1) is 26.6. The monoisotopic (exact) mass is 493 g/mol. The summed E-state index contributed by atoms with van der Waals surface area (Å²) in [6.45, 7) is 4.05. The van der Waals surface area contributed by atoms with E-state index in [4.69, 9.17) is 9.05 Å². The second-order valence-corrected chi connectivity index (χ2v) is 9.96. The van der Waals surface area contributed by atoms with Crippen molar-refractivity contribution in [2.24, 2.45) is 0 Å². The lowest BCUT2D eigenvalue weighted by molar-refractivity contribution is -0.142. The van der Waals surface area contributed by atoms with E-state index in [2.05, 4.69) is 0 Å². The Kier molecular flexibility index (Phi) is 10.0. The van der Waals surface area contributed by atoms with E-state index in [-0.39, 0.29) is 19.8 Å². The Morgan fingerprint density at radius 2 is 1.40 bits per heavy atom. The SMILES string of the molecule is CCOP(=O)(OCC)C(c1ccccc1)N(Cc1ccccc1)C(/C=C/c1ccccc1)C(=O)O. The largest absolute Gasteiger partial charge is 0.480 e. The number of carboxylic acid groups (broad SMARTS) is 1. The summed E-state index contributed by atoms with van der Waals surface area (Å²) in [4.78, 5) is 14.4. The predicted octanol–water partition coefficient (Wildman–Crippen LogP) is 6.62. The summed E-state index contributed by atoms with van der Waals surface area (Å²) in [6, 6.07) is 27.1. The zero-order valence-corrected chi connectivity index (χ0v) is 21.0. The summed E-state index contributed by atoms with van der Waals surface area (Å²) >= 11 is 0. The molecule has 35 heavy (non-hydrogen) atoms. The normalized spacial score (nSPS) is 13.7. The maximum atomic E-state index is 14.2. The smallest absolute Gasteiger partial charge is 0.352 e. The number of aliphatic carboxylic acids is 1. The molecule has 7 heteroatoms. The maximum Gasteiger partial charge on any atom is 0.352 e. The molecular formula is C28H32NO5P. The van der Waals surface area contributed by atoms with Gasteiger partial charge in [0.2, 0.25) is 0 Å². The van der Waals surface area contributed by atoms with Crippen LogP contribution >= 0.6 is 7.60 Å². The van der Waals surface area contributed by atoms with Gasteiger partial charge in [-0.05, 0) is 30.5 Å². The summed E-state index contributed by atoms with van der Waals surface area (Å²) in [5.41, 5.74) is 2.41. The number of carboxylic acids is 1. The Labute approximate surface area is 207 Å². The summed E-state index contributed by atoms with van der Waals surface area (Å²) in [5.74, 6) is -2.00. The molecule has 2 unspecified atom stereocenters. The van der Waals surface area contributed by atoms with E-state index in [1.165, 1.54) is 0 Å². The molecule has 3 aromatic carbocycles. The van der Waals surface area contributed by atoms with Crippen molar-refractivity contribution in [2.75, 3.05) is 13.2 Å². The second-order valence-electron chi connectivity index (χ2n) is 7.87. The zero-order valence-electron chi connectivity index (χ0n) is 20.1. The van der Waals surface area contributed by atoms with Crippen molar-refractivity contribution in [3.63, 3.8) is 0 Å². The van der Waals surface area contributed by atoms with Crippen LogP contribution in [0.4, 0.5) is 0 Å². The molecule has 0 aliphatic heterocycles. The topological polar surface area (TPSA) is 76.1 Å². The third kappa shape index (κ3) is 7.23. The molecule has 0 aromatic heterocycles. The van der Waals surface area contributed by atoms with E-state index in [1.54, 1.807) is 30.9 Å². The van der Waals surface area contributed by atoms with Gasteiger partial charge in [-0.15, -0.1) is 0 Å². The first-order valence-electron chi connectivity index (χ1n) is 11.7. The van der Waals surface area contributed by atoms with Crippen LogP contribution in [0, 0.1) is 0 Å². The summed E-state index contributed by atoms with van der Waals surface area (Å²) < 4.78 is 25.8. The van der Waals surface area contributed by atoms with Gasteiger partial charge in [-0.25, -0.2) is 0 Å². The fourth-order valence-corrected chi connectivity index (χ4v) is 6.15. The molecule has 0 bridgehead atoms. The van der Waals surface area contributed by atoms with Crippen LogP contribution < -0.4 is 0 Å². The number of hydrogen-bond acceptors (Lipinski definition) is 5. The van der Waals surface area contributed by atoms with Crippen LogP contribution in [-0.2, 0) is 25.0 Å². The van der Waals surface area contributed by atoms with Crippen molar-refractivity contribution in [1.29, 1.82) is 0 Å². The minimum Gasteiger partial charge on any atom is -0.480 e. The molecule has 3 aromatic rings. The highest BCUT2D eigenvalue weighted by atomic mass is 31.2. The lowest BCUT2D eigenvalue weighted by Gasteiger charge is -2.38. The Morgan fingerprint density at radius 1 is 0.886 bits per heavy atom. The molecule has 3 rings (SSSR count). The molecule has 0 saturated carbocycles. The van der Waals surface area contributed by atoms with Crippen LogP contribution in [0.3, 0.4) is 0 Å². The molecule has 0 fully saturated rings. The minimum absolute atomic E-state index is 0.164. The Balaban J connectivity index is 2.18. The Bertz CT molecular complexity index is 1110. The third-order valence-electron chi connectivity index (χ3n) is 5.42. The van der Waals surface area contributed by atoms with Gasteiger partial charge >= 0.3 is 13.6 Å². The summed E-state index contributed by atoms with van der Waals surface area (Å²) in [5, 5.41) is 10.4. The van der Waals surface area contributed by atoms with Gasteiger partial charge in [-0.3, -0.25) is 14.3 Å². The molecule has 0 heterocycles. The van der Waals surface area contributed by atoms with E-state index in [1.807, 2.05) is 91.0 Å². The van der Waals surface area contributed by atoms with Crippen LogP contribution in [0.15, 0.2) is 97.1 Å². The summed E-state index contributed by atoms with van der Waals surface area (Å²) in [7, 11) is -3.80. The van der Waals surface area contributed by atoms with Crippen molar-refractivity contribution >= 4 is 19.6 Å². The highest BCUT2D eigenvalue weighted by Gasteiger charge is 2.44. The highest BCUT2D eigenvalue weighted by molar-refractivity contribution is 7.54. The molecule has 1 N–H and O–H groups in total. The molecule has 2 atom stereocenters. The molecule has 184 valence electrons. The van der Waals surface area contributed by atoms with Gasteiger partial charge in [-0.2, -0.15) is 0 Å². The van der Waals surface area contributed by atoms with E-state index in [9.17, 15) is 14.5 Å². The first-order chi connectivity index (χ1) is 17.0. The molecule has 0 amide bonds. The number of rotatable bonds is 13. The van der Waals surface area contributed by atoms with Crippen molar-refractivity contribution in [3.05, 3.63) is 114 Å². The molecule has 0 aliphatic carbocycles. The molecule has 6 nitrogen and oxygen atoms in total. The van der Waals surface area contributed by atoms with Gasteiger partial charge in [0.15, 0.2) is 0 Å². The molecular weight excluding hydrogens is 461 g/mol. The van der Waals surface area contributed by atoms with Crippen LogP contribution in [-0.4, -0.2) is 35.2 Å². The molecule has 0 aliphatic rings. The van der Waals surface area contributed by atoms with E-state index in [0.29, 0.717) is 5.56 Å². The average Bonchev–Trinajstić information content (AvgIpc) is 2.86. The van der Waals surface area contributed by atoms with Gasteiger partial charge in [0.1, 0.15) is 11.8 Å². The standard InChI is InChI=1S/C28H32NO5P/c1-3-33-35(32,34-4-2)27(25-18-12-7-13-19-25)29(22-24-16-10-6-11-17-24)26(28(30)31)21-20-23-14-8-5-9-15-23/h5-21,26-27H,3-4,22H2,1-2H3,(H,30,31)/b21-20+. The highest BCUT2D eigenvalue weighted by Crippen LogP contribution is 2.63. The van der Waals surface area contributed by atoms with Crippen LogP contribution in [0.5, 0.6) is 0 Å². The fourth-order valence-electron chi connectivity index (χ4n) is 3.95. The average molecular weight is 494 g/mol. The Morgan fingerprint density at radius 3 is 1.91 bits per heavy atom. The Hall–Kier alpha value is -3.02. The molecule has 0 radical (unpaired) electrons. The van der Waals surface area contributed by atoms with Gasteiger partial charge in [0.25, 0.3) is 0 Å². The number of benzene rings is 3. The van der Waals surface area contributed by atoms with E-state index >= 15 is 0 Å². The maximum absolute atomic E-state index is 14.2. The van der Waals surface area contributed by atoms with Gasteiger partial charge < -0.3 is 14.2 Å². The molecule has 0 spiro atoms. The van der Waals surface area contributed by atoms with E-state index < -0.39 is 25.4 Å². The number of hydrogen-bond donors (Lipinski definition) is 1. The van der Waals surface area contributed by atoms with Gasteiger partial charge in [0, 0.05) is 6.54 Å². The van der Waals surface area contributed by atoms with Crippen LogP contribution in [0.25, 0.3) is 6.08 Å². The first-order valence-corrected chi connectivity index (χ1v) is 13.3.